The number of nitrogens with one attached hydrogen (secondary N) is 1. The first-order valence-electron chi connectivity index (χ1n) is 6.01. The number of carbonyl (C=O) groups is 1. The van der Waals surface area contributed by atoms with Crippen LogP contribution >= 0.6 is 22.6 Å². The molecule has 1 aromatic carbocycles. The van der Waals surface area contributed by atoms with Gasteiger partial charge in [-0.2, -0.15) is 0 Å². The summed E-state index contributed by atoms with van der Waals surface area (Å²) in [6, 6.07) is 5.59. The lowest BCUT2D eigenvalue weighted by atomic mass is 10.1. The third kappa shape index (κ3) is 2.58. The Balaban J connectivity index is 2.06. The minimum atomic E-state index is -3.03. The van der Waals surface area contributed by atoms with Crippen LogP contribution in [0.15, 0.2) is 18.2 Å². The van der Waals surface area contributed by atoms with Crippen LogP contribution in [-0.4, -0.2) is 38.4 Å². The lowest BCUT2D eigenvalue weighted by molar-refractivity contribution is -0.116. The molecule has 1 atom stereocenters. The van der Waals surface area contributed by atoms with Gasteiger partial charge in [0.25, 0.3) is 0 Å². The average Bonchev–Trinajstić information content (AvgIpc) is 2.41. The highest BCUT2D eigenvalue weighted by Gasteiger charge is 2.35. The first-order chi connectivity index (χ1) is 8.94. The Bertz CT molecular complexity index is 644. The van der Waals surface area contributed by atoms with E-state index in [2.05, 4.69) is 27.9 Å². The smallest absolute Gasteiger partial charge is 0.226 e. The molecule has 3 rings (SSSR count). The van der Waals surface area contributed by atoms with E-state index in [1.165, 1.54) is 0 Å². The van der Waals surface area contributed by atoms with Crippen LogP contribution in [0, 0.1) is 3.57 Å². The first kappa shape index (κ1) is 13.2. The average molecular weight is 392 g/mol. The van der Waals surface area contributed by atoms with Gasteiger partial charge in [0.05, 0.1) is 28.9 Å². The highest BCUT2D eigenvalue weighted by atomic mass is 127. The molecule has 1 aromatic rings. The van der Waals surface area contributed by atoms with Gasteiger partial charge in [0.15, 0.2) is 9.84 Å². The molecule has 0 saturated carbocycles. The van der Waals surface area contributed by atoms with Gasteiger partial charge < -0.3 is 10.2 Å². The summed E-state index contributed by atoms with van der Waals surface area (Å²) in [6.07, 6.45) is 0.227. The van der Waals surface area contributed by atoms with Crippen molar-refractivity contribution < 1.29 is 13.2 Å². The maximum Gasteiger partial charge on any atom is 0.226 e. The fraction of sp³-hybridized carbons (Fsp3) is 0.417. The van der Waals surface area contributed by atoms with E-state index in [9.17, 15) is 13.2 Å². The van der Waals surface area contributed by atoms with Gasteiger partial charge in [-0.15, -0.1) is 0 Å². The number of carbonyl (C=O) groups excluding carboxylic acids is 1. The lowest BCUT2D eigenvalue weighted by Crippen LogP contribution is -2.48. The van der Waals surface area contributed by atoms with Gasteiger partial charge in [-0.3, -0.25) is 4.79 Å². The number of hydrogen-bond acceptors (Lipinski definition) is 4. The van der Waals surface area contributed by atoms with Crippen LogP contribution in [0.4, 0.5) is 11.4 Å². The zero-order valence-corrected chi connectivity index (χ0v) is 13.1. The fourth-order valence-corrected chi connectivity index (χ4v) is 4.66. The summed E-state index contributed by atoms with van der Waals surface area (Å²) in [6.45, 7) is 0.454. The molecule has 1 unspecified atom stereocenters. The highest BCUT2D eigenvalue weighted by Crippen LogP contribution is 2.34. The van der Waals surface area contributed by atoms with Gasteiger partial charge in [0, 0.05) is 16.5 Å². The van der Waals surface area contributed by atoms with Gasteiger partial charge in [0.2, 0.25) is 5.91 Å². The summed E-state index contributed by atoms with van der Waals surface area (Å²) in [4.78, 5) is 13.9. The van der Waals surface area contributed by atoms with Crippen molar-refractivity contribution in [1.29, 1.82) is 0 Å². The zero-order chi connectivity index (χ0) is 13.6. The summed E-state index contributed by atoms with van der Waals surface area (Å²) in [5.41, 5.74) is 1.70. The molecule has 0 aromatic heterocycles. The van der Waals surface area contributed by atoms with Gasteiger partial charge in [-0.05, 0) is 40.8 Å². The summed E-state index contributed by atoms with van der Waals surface area (Å²) in [5, 5.41) is 2.87. The minimum absolute atomic E-state index is 0.0614. The van der Waals surface area contributed by atoms with Crippen LogP contribution in [0.2, 0.25) is 0 Å². The van der Waals surface area contributed by atoms with Crippen LogP contribution in [0.25, 0.3) is 0 Å². The van der Waals surface area contributed by atoms with Crippen molar-refractivity contribution in [3.8, 4) is 0 Å². The van der Waals surface area contributed by atoms with Crippen molar-refractivity contribution in [2.24, 2.45) is 0 Å². The van der Waals surface area contributed by atoms with E-state index in [1.807, 2.05) is 23.1 Å². The summed E-state index contributed by atoms with van der Waals surface area (Å²) in [5.74, 6) is 0.0995. The Morgan fingerprint density at radius 2 is 2.16 bits per heavy atom. The summed E-state index contributed by atoms with van der Waals surface area (Å²) >= 11 is 2.19. The van der Waals surface area contributed by atoms with E-state index < -0.39 is 9.84 Å². The number of sulfone groups is 1. The second kappa shape index (κ2) is 4.62. The van der Waals surface area contributed by atoms with E-state index in [1.54, 1.807) is 0 Å². The maximum absolute atomic E-state index is 11.9. The maximum atomic E-state index is 11.9. The number of hydrogen-bond donors (Lipinski definition) is 1. The Morgan fingerprint density at radius 3 is 2.95 bits per heavy atom. The van der Waals surface area contributed by atoms with E-state index in [0.717, 1.165) is 14.9 Å². The molecule has 19 heavy (non-hydrogen) atoms. The quantitative estimate of drug-likeness (QED) is 0.675. The molecule has 1 amide bonds. The van der Waals surface area contributed by atoms with Crippen molar-refractivity contribution in [1.82, 2.24) is 0 Å². The molecule has 2 aliphatic rings. The molecule has 0 aliphatic carbocycles. The van der Waals surface area contributed by atoms with Crippen molar-refractivity contribution in [3.05, 3.63) is 21.8 Å². The third-order valence-corrected chi connectivity index (χ3v) is 5.86. The van der Waals surface area contributed by atoms with Crippen molar-refractivity contribution in [2.75, 3.05) is 28.3 Å². The Labute approximate surface area is 125 Å². The first-order valence-corrected chi connectivity index (χ1v) is 8.91. The number of fused-ring (bicyclic) bond motifs is 3. The molecule has 5 nitrogen and oxygen atoms in total. The molecule has 2 heterocycles. The monoisotopic (exact) mass is 392 g/mol. The Hall–Kier alpha value is -0.830. The molecule has 0 spiro atoms. The number of nitrogens with zero attached hydrogens (tertiary/aromatic N) is 1. The molecule has 1 saturated heterocycles. The standard InChI is InChI=1S/C12H13IN2O3S/c13-8-1-2-11-10(5-8)14-12(16)6-9-7-19(17,18)4-3-15(9)11/h1-2,5,9H,3-4,6-7H2,(H,14,16). The summed E-state index contributed by atoms with van der Waals surface area (Å²) < 4.78 is 24.5. The predicted molar refractivity (Wildman–Crippen MR) is 82.2 cm³/mol. The van der Waals surface area contributed by atoms with Gasteiger partial charge in [-0.1, -0.05) is 0 Å². The number of amides is 1. The van der Waals surface area contributed by atoms with E-state index in [-0.39, 0.29) is 29.9 Å². The normalized spacial score (nSPS) is 25.0. The van der Waals surface area contributed by atoms with Crippen LogP contribution < -0.4 is 10.2 Å². The summed E-state index contributed by atoms with van der Waals surface area (Å²) in [7, 11) is -3.03. The van der Waals surface area contributed by atoms with E-state index >= 15 is 0 Å². The Morgan fingerprint density at radius 1 is 1.37 bits per heavy atom. The molecular weight excluding hydrogens is 379 g/mol. The van der Waals surface area contributed by atoms with Crippen molar-refractivity contribution in [3.63, 3.8) is 0 Å². The number of anilines is 2. The van der Waals surface area contributed by atoms with Crippen molar-refractivity contribution >= 4 is 49.7 Å². The second-order valence-corrected chi connectivity index (χ2v) is 8.35. The topological polar surface area (TPSA) is 66.5 Å². The molecule has 0 radical (unpaired) electrons. The number of benzene rings is 1. The largest absolute Gasteiger partial charge is 0.364 e. The molecule has 1 fully saturated rings. The number of halogens is 1. The predicted octanol–water partition coefficient (Wildman–Crippen LogP) is 1.24. The van der Waals surface area contributed by atoms with Crippen LogP contribution in [-0.2, 0) is 14.6 Å². The molecule has 0 bridgehead atoms. The van der Waals surface area contributed by atoms with Crippen LogP contribution in [0.1, 0.15) is 6.42 Å². The van der Waals surface area contributed by atoms with Crippen LogP contribution in [0.5, 0.6) is 0 Å². The van der Waals surface area contributed by atoms with Crippen molar-refractivity contribution in [2.45, 2.75) is 12.5 Å². The minimum Gasteiger partial charge on any atom is -0.364 e. The van der Waals surface area contributed by atoms with Crippen LogP contribution in [0.3, 0.4) is 0 Å². The molecule has 1 N–H and O–H groups in total. The highest BCUT2D eigenvalue weighted by molar-refractivity contribution is 14.1. The molecule has 2 aliphatic heterocycles. The fourth-order valence-electron chi connectivity index (χ4n) is 2.65. The van der Waals surface area contributed by atoms with Gasteiger partial charge in [0.1, 0.15) is 0 Å². The Kier molecular flexibility index (Phi) is 3.20. The number of rotatable bonds is 0. The molecule has 7 heteroatoms. The van der Waals surface area contributed by atoms with Gasteiger partial charge >= 0.3 is 0 Å². The van der Waals surface area contributed by atoms with E-state index in [4.69, 9.17) is 0 Å². The van der Waals surface area contributed by atoms with E-state index in [0.29, 0.717) is 6.54 Å². The lowest BCUT2D eigenvalue weighted by Gasteiger charge is -2.35. The van der Waals surface area contributed by atoms with Gasteiger partial charge in [-0.25, -0.2) is 8.42 Å². The second-order valence-electron chi connectivity index (χ2n) is 4.88. The third-order valence-electron chi connectivity index (χ3n) is 3.49. The zero-order valence-electron chi connectivity index (χ0n) is 10.1. The molecule has 102 valence electrons. The molecular formula is C12H13IN2O3S. The SMILES string of the molecule is O=C1CC2CS(=O)(=O)CCN2c2ccc(I)cc2N1.